The molecule has 1 fully saturated rings. The Morgan fingerprint density at radius 1 is 1.31 bits per heavy atom. The van der Waals surface area contributed by atoms with Crippen LogP contribution in [0.15, 0.2) is 42.5 Å². The van der Waals surface area contributed by atoms with Crippen molar-refractivity contribution in [3.8, 4) is 0 Å². The van der Waals surface area contributed by atoms with Crippen LogP contribution in [-0.2, 0) is 17.9 Å². The number of piperidine rings is 1. The van der Waals surface area contributed by atoms with Gasteiger partial charge >= 0.3 is 0 Å². The maximum Gasteiger partial charge on any atom is 0.270 e. The summed E-state index contributed by atoms with van der Waals surface area (Å²) in [7, 11) is 1.60. The Kier molecular flexibility index (Phi) is 6.30. The Morgan fingerprint density at radius 3 is 2.88 bits per heavy atom. The fourth-order valence-corrected chi connectivity index (χ4v) is 3.26. The Bertz CT molecular complexity index is 736. The molecule has 0 bridgehead atoms. The van der Waals surface area contributed by atoms with E-state index in [1.54, 1.807) is 13.2 Å². The molecule has 1 unspecified atom stereocenters. The topological polar surface area (TPSA) is 54.5 Å². The highest BCUT2D eigenvalue weighted by atomic mass is 19.1. The second-order valence-corrected chi connectivity index (χ2v) is 6.62. The lowest BCUT2D eigenvalue weighted by Crippen LogP contribution is -2.47. The molecule has 1 saturated heterocycles. The molecule has 6 heteroatoms. The van der Waals surface area contributed by atoms with Crippen LogP contribution in [-0.4, -0.2) is 42.0 Å². The van der Waals surface area contributed by atoms with E-state index in [1.807, 2.05) is 24.3 Å². The number of nitrogens with one attached hydrogen (secondary N) is 1. The maximum atomic E-state index is 13.0. The third-order valence-corrected chi connectivity index (χ3v) is 4.49. The monoisotopic (exact) mass is 357 g/mol. The Morgan fingerprint density at radius 2 is 2.12 bits per heavy atom. The maximum absolute atomic E-state index is 13.0. The summed E-state index contributed by atoms with van der Waals surface area (Å²) in [6, 6.07) is 12.0. The number of pyridine rings is 1. The third kappa shape index (κ3) is 5.09. The lowest BCUT2D eigenvalue weighted by atomic mass is 10.0. The van der Waals surface area contributed by atoms with Gasteiger partial charge in [-0.2, -0.15) is 0 Å². The number of benzene rings is 1. The Labute approximate surface area is 153 Å². The molecule has 0 spiro atoms. The van der Waals surface area contributed by atoms with Gasteiger partial charge in [0.2, 0.25) is 0 Å². The zero-order valence-electron chi connectivity index (χ0n) is 15.0. The number of hydrogen-bond donors (Lipinski definition) is 1. The normalized spacial score (nSPS) is 17.8. The number of carbonyl (C=O) groups is 1. The first-order chi connectivity index (χ1) is 12.6. The number of ether oxygens (including phenoxy) is 1. The number of carbonyl (C=O) groups excluding carboxylic acids is 1. The number of likely N-dealkylation sites (tertiary alicyclic amines) is 1. The van der Waals surface area contributed by atoms with Crippen LogP contribution in [0.3, 0.4) is 0 Å². The zero-order chi connectivity index (χ0) is 18.4. The van der Waals surface area contributed by atoms with Crippen molar-refractivity contribution in [3.63, 3.8) is 0 Å². The van der Waals surface area contributed by atoms with Gasteiger partial charge in [0.1, 0.15) is 11.5 Å². The molecule has 1 amide bonds. The first-order valence-corrected chi connectivity index (χ1v) is 8.86. The van der Waals surface area contributed by atoms with Gasteiger partial charge in [-0.05, 0) is 49.2 Å². The van der Waals surface area contributed by atoms with Gasteiger partial charge in [-0.1, -0.05) is 18.2 Å². The van der Waals surface area contributed by atoms with E-state index in [4.69, 9.17) is 4.74 Å². The van der Waals surface area contributed by atoms with Crippen LogP contribution in [0.25, 0.3) is 0 Å². The van der Waals surface area contributed by atoms with Crippen LogP contribution in [0.4, 0.5) is 4.39 Å². The zero-order valence-corrected chi connectivity index (χ0v) is 15.0. The lowest BCUT2D eigenvalue weighted by molar-refractivity contribution is 0.0894. The van der Waals surface area contributed by atoms with E-state index < -0.39 is 0 Å². The second kappa shape index (κ2) is 8.87. The van der Waals surface area contributed by atoms with E-state index in [-0.39, 0.29) is 17.8 Å². The summed E-state index contributed by atoms with van der Waals surface area (Å²) in [6.45, 7) is 2.90. The molecule has 1 aliphatic rings. The van der Waals surface area contributed by atoms with E-state index in [0.717, 1.165) is 43.7 Å². The fourth-order valence-electron chi connectivity index (χ4n) is 3.26. The first-order valence-electron chi connectivity index (χ1n) is 8.86. The molecule has 2 aromatic rings. The van der Waals surface area contributed by atoms with E-state index in [2.05, 4.69) is 15.2 Å². The molecule has 1 N–H and O–H groups in total. The Balaban J connectivity index is 1.56. The van der Waals surface area contributed by atoms with Crippen molar-refractivity contribution >= 4 is 5.91 Å². The van der Waals surface area contributed by atoms with Gasteiger partial charge in [0, 0.05) is 26.2 Å². The van der Waals surface area contributed by atoms with Gasteiger partial charge in [-0.15, -0.1) is 0 Å². The average molecular weight is 357 g/mol. The summed E-state index contributed by atoms with van der Waals surface area (Å²) in [4.78, 5) is 19.1. The average Bonchev–Trinajstić information content (AvgIpc) is 2.64. The Hall–Kier alpha value is -2.31. The fraction of sp³-hybridized carbons (Fsp3) is 0.400. The highest BCUT2D eigenvalue weighted by molar-refractivity contribution is 5.92. The van der Waals surface area contributed by atoms with Crippen LogP contribution in [0, 0.1) is 5.82 Å². The molecule has 1 aromatic heterocycles. The van der Waals surface area contributed by atoms with Gasteiger partial charge < -0.3 is 10.1 Å². The molecular formula is C20H24FN3O2. The number of aromatic nitrogens is 1. The first kappa shape index (κ1) is 18.5. The highest BCUT2D eigenvalue weighted by Crippen LogP contribution is 2.15. The van der Waals surface area contributed by atoms with E-state index in [0.29, 0.717) is 12.3 Å². The molecule has 26 heavy (non-hydrogen) atoms. The minimum Gasteiger partial charge on any atom is -0.378 e. The molecule has 1 atom stereocenters. The lowest BCUT2D eigenvalue weighted by Gasteiger charge is -2.33. The molecule has 1 aliphatic heterocycles. The quantitative estimate of drug-likeness (QED) is 0.864. The number of halogens is 1. The molecule has 138 valence electrons. The van der Waals surface area contributed by atoms with Crippen LogP contribution < -0.4 is 5.32 Å². The van der Waals surface area contributed by atoms with Crippen molar-refractivity contribution in [3.05, 3.63) is 65.2 Å². The minimum absolute atomic E-state index is 0.0876. The third-order valence-electron chi connectivity index (χ3n) is 4.49. The van der Waals surface area contributed by atoms with Crippen LogP contribution in [0.5, 0.6) is 0 Å². The van der Waals surface area contributed by atoms with Crippen molar-refractivity contribution in [2.75, 3.05) is 20.2 Å². The summed E-state index contributed by atoms with van der Waals surface area (Å²) >= 11 is 0. The van der Waals surface area contributed by atoms with Crippen LogP contribution in [0.1, 0.15) is 34.6 Å². The summed E-state index contributed by atoms with van der Waals surface area (Å²) in [5.41, 5.74) is 2.23. The minimum atomic E-state index is -0.222. The standard InChI is InChI=1S/C20H24FN3O2/c1-26-14-18-4-2-6-19(22-18)20(25)23-17-5-3-11-24(13-17)12-15-7-9-16(21)10-8-15/h2,4,6-10,17H,3,5,11-14H2,1H3,(H,23,25). The van der Waals surface area contributed by atoms with Gasteiger partial charge in [0.25, 0.3) is 5.91 Å². The van der Waals surface area contributed by atoms with Crippen molar-refractivity contribution < 1.29 is 13.9 Å². The summed E-state index contributed by atoms with van der Waals surface area (Å²) in [5, 5.41) is 3.09. The number of rotatable bonds is 6. The van der Waals surface area contributed by atoms with Gasteiger partial charge in [-0.25, -0.2) is 9.37 Å². The number of hydrogen-bond acceptors (Lipinski definition) is 4. The van der Waals surface area contributed by atoms with Gasteiger partial charge in [-0.3, -0.25) is 9.69 Å². The van der Waals surface area contributed by atoms with Crippen molar-refractivity contribution in [2.45, 2.75) is 32.0 Å². The van der Waals surface area contributed by atoms with Crippen LogP contribution >= 0.6 is 0 Å². The van der Waals surface area contributed by atoms with Gasteiger partial charge in [0.15, 0.2) is 0 Å². The second-order valence-electron chi connectivity index (χ2n) is 6.62. The van der Waals surface area contributed by atoms with Crippen molar-refractivity contribution in [1.82, 2.24) is 15.2 Å². The molecular weight excluding hydrogens is 333 g/mol. The summed E-state index contributed by atoms with van der Waals surface area (Å²) < 4.78 is 18.1. The van der Waals surface area contributed by atoms with Crippen molar-refractivity contribution in [2.24, 2.45) is 0 Å². The number of amides is 1. The SMILES string of the molecule is COCc1cccc(C(=O)NC2CCCN(Cc3ccc(F)cc3)C2)n1. The predicted molar refractivity (Wildman–Crippen MR) is 97.1 cm³/mol. The molecule has 3 rings (SSSR count). The predicted octanol–water partition coefficient (Wildman–Crippen LogP) is 2.76. The van der Waals surface area contributed by atoms with Gasteiger partial charge in [0.05, 0.1) is 12.3 Å². The molecule has 1 aromatic carbocycles. The van der Waals surface area contributed by atoms with E-state index >= 15 is 0 Å². The molecule has 0 aliphatic carbocycles. The highest BCUT2D eigenvalue weighted by Gasteiger charge is 2.22. The largest absolute Gasteiger partial charge is 0.378 e. The molecule has 0 radical (unpaired) electrons. The smallest absolute Gasteiger partial charge is 0.270 e. The van der Waals surface area contributed by atoms with Crippen LogP contribution in [0.2, 0.25) is 0 Å². The number of methoxy groups -OCH3 is 1. The summed E-state index contributed by atoms with van der Waals surface area (Å²) in [6.07, 6.45) is 1.96. The number of nitrogens with zero attached hydrogens (tertiary/aromatic N) is 2. The van der Waals surface area contributed by atoms with E-state index in [9.17, 15) is 9.18 Å². The molecule has 0 saturated carbocycles. The molecule has 2 heterocycles. The van der Waals surface area contributed by atoms with Crippen molar-refractivity contribution in [1.29, 1.82) is 0 Å². The summed E-state index contributed by atoms with van der Waals surface area (Å²) in [5.74, 6) is -0.377. The van der Waals surface area contributed by atoms with E-state index in [1.165, 1.54) is 12.1 Å². The molecule has 5 nitrogen and oxygen atoms in total.